The molecule has 0 saturated carbocycles. The van der Waals surface area contributed by atoms with Crippen LogP contribution in [0.15, 0.2) is 5.18 Å². The molecule has 0 unspecified atom stereocenters. The Bertz CT molecular complexity index is 171. The highest BCUT2D eigenvalue weighted by molar-refractivity contribution is 5.66. The van der Waals surface area contributed by atoms with E-state index in [9.17, 15) is 9.70 Å². The Morgan fingerprint density at radius 1 is 0.867 bits per heavy atom. The molecule has 4 heteroatoms. The Labute approximate surface area is 91.0 Å². The van der Waals surface area contributed by atoms with Gasteiger partial charge in [-0.05, 0) is 12.8 Å². The molecular formula is C11H21NO3. The van der Waals surface area contributed by atoms with E-state index in [1.807, 2.05) is 0 Å². The number of carboxylic acid groups (broad SMARTS) is 1. The van der Waals surface area contributed by atoms with Gasteiger partial charge in [-0.1, -0.05) is 43.7 Å². The molecule has 0 aliphatic carbocycles. The van der Waals surface area contributed by atoms with Crippen molar-refractivity contribution in [2.45, 2.75) is 57.8 Å². The summed E-state index contributed by atoms with van der Waals surface area (Å²) < 4.78 is 0. The van der Waals surface area contributed by atoms with Gasteiger partial charge in [0.05, 0.1) is 6.54 Å². The molecule has 0 atom stereocenters. The molecule has 0 aliphatic rings. The lowest BCUT2D eigenvalue weighted by atomic mass is 10.1. The van der Waals surface area contributed by atoms with Crippen LogP contribution in [0.4, 0.5) is 0 Å². The van der Waals surface area contributed by atoms with E-state index in [1.165, 1.54) is 12.8 Å². The van der Waals surface area contributed by atoms with Gasteiger partial charge in [0.25, 0.3) is 0 Å². The van der Waals surface area contributed by atoms with Crippen LogP contribution in [0.5, 0.6) is 0 Å². The maximum Gasteiger partial charge on any atom is 0.303 e. The summed E-state index contributed by atoms with van der Waals surface area (Å²) in [6.45, 7) is 0.443. The number of hydrogen-bond acceptors (Lipinski definition) is 3. The second kappa shape index (κ2) is 11.1. The summed E-state index contributed by atoms with van der Waals surface area (Å²) in [6, 6.07) is 0. The average Bonchev–Trinajstić information content (AvgIpc) is 2.20. The fourth-order valence-corrected chi connectivity index (χ4v) is 1.51. The summed E-state index contributed by atoms with van der Waals surface area (Å²) in [6.07, 6.45) is 8.74. The Morgan fingerprint density at radius 3 is 1.80 bits per heavy atom. The van der Waals surface area contributed by atoms with Crippen LogP contribution in [0.3, 0.4) is 0 Å². The average molecular weight is 215 g/mol. The van der Waals surface area contributed by atoms with Crippen molar-refractivity contribution in [2.75, 3.05) is 6.54 Å². The van der Waals surface area contributed by atoms with E-state index in [0.29, 0.717) is 13.0 Å². The molecule has 0 radical (unpaired) electrons. The monoisotopic (exact) mass is 215 g/mol. The zero-order valence-electron chi connectivity index (χ0n) is 9.28. The molecule has 0 heterocycles. The maximum absolute atomic E-state index is 10.2. The SMILES string of the molecule is O=NCCCCCCCCCCC(=O)O. The molecule has 4 nitrogen and oxygen atoms in total. The Kier molecular flexibility index (Phi) is 10.5. The minimum Gasteiger partial charge on any atom is -0.481 e. The van der Waals surface area contributed by atoms with Crippen LogP contribution < -0.4 is 0 Å². The van der Waals surface area contributed by atoms with Gasteiger partial charge in [0.2, 0.25) is 0 Å². The van der Waals surface area contributed by atoms with Crippen LogP contribution in [0.25, 0.3) is 0 Å². The third-order valence-corrected chi connectivity index (χ3v) is 2.39. The number of hydrogen-bond donors (Lipinski definition) is 1. The van der Waals surface area contributed by atoms with Gasteiger partial charge < -0.3 is 5.11 Å². The fourth-order valence-electron chi connectivity index (χ4n) is 1.51. The van der Waals surface area contributed by atoms with Gasteiger partial charge >= 0.3 is 5.97 Å². The van der Waals surface area contributed by atoms with Crippen LogP contribution in [-0.2, 0) is 4.79 Å². The van der Waals surface area contributed by atoms with E-state index in [2.05, 4.69) is 5.18 Å². The van der Waals surface area contributed by atoms with E-state index in [0.717, 1.165) is 38.5 Å². The first-order valence-electron chi connectivity index (χ1n) is 5.78. The first kappa shape index (κ1) is 14.1. The highest BCUT2D eigenvalue weighted by Crippen LogP contribution is 2.09. The quantitative estimate of drug-likeness (QED) is 0.424. The number of rotatable bonds is 11. The van der Waals surface area contributed by atoms with E-state index in [-0.39, 0.29) is 0 Å². The number of unbranched alkanes of at least 4 members (excludes halogenated alkanes) is 7. The highest BCUT2D eigenvalue weighted by Gasteiger charge is 1.96. The largest absolute Gasteiger partial charge is 0.481 e. The topological polar surface area (TPSA) is 66.7 Å². The predicted molar refractivity (Wildman–Crippen MR) is 59.9 cm³/mol. The minimum absolute atomic E-state index is 0.297. The van der Waals surface area contributed by atoms with Gasteiger partial charge in [0, 0.05) is 6.42 Å². The number of aliphatic carboxylic acids is 1. The third-order valence-electron chi connectivity index (χ3n) is 2.39. The lowest BCUT2D eigenvalue weighted by molar-refractivity contribution is -0.137. The highest BCUT2D eigenvalue weighted by atomic mass is 16.4. The zero-order chi connectivity index (χ0) is 11.4. The molecule has 0 aliphatic heterocycles. The molecular weight excluding hydrogens is 194 g/mol. The predicted octanol–water partition coefficient (Wildman–Crippen LogP) is 3.35. The van der Waals surface area contributed by atoms with Crippen molar-refractivity contribution in [3.05, 3.63) is 4.91 Å². The van der Waals surface area contributed by atoms with E-state index < -0.39 is 5.97 Å². The van der Waals surface area contributed by atoms with Crippen molar-refractivity contribution in [3.8, 4) is 0 Å². The number of carboxylic acids is 1. The summed E-state index contributed by atoms with van der Waals surface area (Å²) in [4.78, 5) is 20.0. The Balaban J connectivity index is 2.92. The molecule has 0 bridgehead atoms. The smallest absolute Gasteiger partial charge is 0.303 e. The molecule has 0 fully saturated rings. The fraction of sp³-hybridized carbons (Fsp3) is 0.909. The minimum atomic E-state index is -0.698. The summed E-state index contributed by atoms with van der Waals surface area (Å²) in [5.74, 6) is -0.698. The molecule has 0 saturated heterocycles. The maximum atomic E-state index is 10.2. The van der Waals surface area contributed by atoms with Crippen LogP contribution in [0.2, 0.25) is 0 Å². The molecule has 15 heavy (non-hydrogen) atoms. The molecule has 88 valence electrons. The van der Waals surface area contributed by atoms with Crippen molar-refractivity contribution in [2.24, 2.45) is 5.18 Å². The molecule has 0 aromatic heterocycles. The Hall–Kier alpha value is -0.930. The van der Waals surface area contributed by atoms with Crippen LogP contribution in [-0.4, -0.2) is 17.6 Å². The summed E-state index contributed by atoms with van der Waals surface area (Å²) in [5.41, 5.74) is 0. The summed E-state index contributed by atoms with van der Waals surface area (Å²) >= 11 is 0. The Morgan fingerprint density at radius 2 is 1.33 bits per heavy atom. The van der Waals surface area contributed by atoms with Gasteiger partial charge in [-0.3, -0.25) is 4.79 Å². The van der Waals surface area contributed by atoms with Crippen molar-refractivity contribution in [1.82, 2.24) is 0 Å². The first-order valence-corrected chi connectivity index (χ1v) is 5.78. The van der Waals surface area contributed by atoms with Crippen molar-refractivity contribution in [3.63, 3.8) is 0 Å². The van der Waals surface area contributed by atoms with E-state index in [4.69, 9.17) is 5.11 Å². The molecule has 0 amide bonds. The van der Waals surface area contributed by atoms with Gasteiger partial charge in [-0.2, -0.15) is 4.91 Å². The number of nitrogens with zero attached hydrogens (tertiary/aromatic N) is 1. The standard InChI is InChI=1S/C11H21NO3/c13-11(14)9-7-5-3-1-2-4-6-8-10-12-15/h1-10H2,(H,13,14). The number of carbonyl (C=O) groups is 1. The lowest BCUT2D eigenvalue weighted by Gasteiger charge is -2.00. The molecule has 1 N–H and O–H groups in total. The molecule has 0 aromatic carbocycles. The molecule has 0 spiro atoms. The van der Waals surface area contributed by atoms with Crippen molar-refractivity contribution in [1.29, 1.82) is 0 Å². The first-order chi connectivity index (χ1) is 7.27. The van der Waals surface area contributed by atoms with Crippen molar-refractivity contribution < 1.29 is 9.90 Å². The molecule has 0 aromatic rings. The van der Waals surface area contributed by atoms with Crippen LogP contribution >= 0.6 is 0 Å². The summed E-state index contributed by atoms with van der Waals surface area (Å²) in [7, 11) is 0. The second-order valence-corrected chi connectivity index (χ2v) is 3.82. The van der Waals surface area contributed by atoms with Gasteiger partial charge in [0.15, 0.2) is 0 Å². The number of nitroso groups, excluding NO2 is 1. The van der Waals surface area contributed by atoms with Crippen molar-refractivity contribution >= 4 is 5.97 Å². The summed E-state index contributed by atoms with van der Waals surface area (Å²) in [5, 5.41) is 11.2. The molecule has 0 rings (SSSR count). The van der Waals surface area contributed by atoms with Gasteiger partial charge in [-0.15, -0.1) is 0 Å². The third kappa shape index (κ3) is 13.1. The zero-order valence-corrected chi connectivity index (χ0v) is 9.28. The van der Waals surface area contributed by atoms with E-state index in [1.54, 1.807) is 0 Å². The van der Waals surface area contributed by atoms with Crippen LogP contribution in [0.1, 0.15) is 57.8 Å². The second-order valence-electron chi connectivity index (χ2n) is 3.82. The van der Waals surface area contributed by atoms with Crippen LogP contribution in [0, 0.1) is 4.91 Å². The van der Waals surface area contributed by atoms with Gasteiger partial charge in [0.1, 0.15) is 0 Å². The normalized spacial score (nSPS) is 10.1. The van der Waals surface area contributed by atoms with E-state index >= 15 is 0 Å². The van der Waals surface area contributed by atoms with Gasteiger partial charge in [-0.25, -0.2) is 0 Å². The lowest BCUT2D eigenvalue weighted by Crippen LogP contribution is -1.93.